The number of aromatic nitrogens is 2. The normalized spacial score (nSPS) is 10.1. The summed E-state index contributed by atoms with van der Waals surface area (Å²) in [5.41, 5.74) is 2.51. The fourth-order valence-corrected chi connectivity index (χ4v) is 1.54. The van der Waals surface area contributed by atoms with Crippen LogP contribution in [0.4, 0.5) is 5.82 Å². The molecule has 0 spiro atoms. The highest BCUT2D eigenvalue weighted by Gasteiger charge is 1.94. The molecule has 0 radical (unpaired) electrons. The molecule has 1 aromatic heterocycles. The number of aromatic amines is 1. The van der Waals surface area contributed by atoms with Crippen LogP contribution in [0.3, 0.4) is 0 Å². The number of benzene rings is 1. The molecule has 0 bridgehead atoms. The summed E-state index contributed by atoms with van der Waals surface area (Å²) >= 11 is 4.98. The summed E-state index contributed by atoms with van der Waals surface area (Å²) in [5.74, 6) is 0.889. The van der Waals surface area contributed by atoms with Gasteiger partial charge in [-0.25, -0.2) is 4.98 Å². The predicted molar refractivity (Wildman–Crippen MR) is 67.9 cm³/mol. The van der Waals surface area contributed by atoms with Gasteiger partial charge in [0.25, 0.3) is 0 Å². The van der Waals surface area contributed by atoms with Gasteiger partial charge in [-0.15, -0.1) is 0 Å². The zero-order valence-corrected chi connectivity index (χ0v) is 9.84. The highest BCUT2D eigenvalue weighted by atomic mass is 32.1. The SMILES string of the molecule is Cc1ccc(CNc2cc(=S)nc[nH]2)cc1. The van der Waals surface area contributed by atoms with Gasteiger partial charge in [0.05, 0.1) is 6.33 Å². The third-order valence-corrected chi connectivity index (χ3v) is 2.51. The molecule has 1 aromatic carbocycles. The van der Waals surface area contributed by atoms with Crippen molar-refractivity contribution in [3.8, 4) is 0 Å². The van der Waals surface area contributed by atoms with Crippen LogP contribution in [-0.4, -0.2) is 9.97 Å². The van der Waals surface area contributed by atoms with E-state index in [4.69, 9.17) is 12.2 Å². The molecule has 0 unspecified atom stereocenters. The Labute approximate surface area is 99.6 Å². The highest BCUT2D eigenvalue weighted by Crippen LogP contribution is 2.06. The molecule has 0 aliphatic carbocycles. The number of nitrogens with one attached hydrogen (secondary N) is 2. The summed E-state index contributed by atoms with van der Waals surface area (Å²) in [4.78, 5) is 6.93. The van der Waals surface area contributed by atoms with Crippen molar-refractivity contribution in [3.05, 3.63) is 52.4 Å². The van der Waals surface area contributed by atoms with E-state index in [1.54, 1.807) is 6.33 Å². The first-order chi connectivity index (χ1) is 7.74. The third-order valence-electron chi connectivity index (χ3n) is 2.28. The predicted octanol–water partition coefficient (Wildman–Crippen LogP) is 3.06. The largest absolute Gasteiger partial charge is 0.367 e. The Kier molecular flexibility index (Phi) is 3.31. The molecule has 2 N–H and O–H groups in total. The van der Waals surface area contributed by atoms with Crippen LogP contribution in [0.15, 0.2) is 36.7 Å². The van der Waals surface area contributed by atoms with E-state index in [1.165, 1.54) is 11.1 Å². The molecule has 3 nitrogen and oxygen atoms in total. The number of aryl methyl sites for hydroxylation is 1. The zero-order valence-electron chi connectivity index (χ0n) is 9.03. The molecule has 2 rings (SSSR count). The average molecular weight is 231 g/mol. The molecule has 0 saturated heterocycles. The molecule has 0 aliphatic rings. The first-order valence-corrected chi connectivity index (χ1v) is 5.49. The number of rotatable bonds is 3. The van der Waals surface area contributed by atoms with Crippen molar-refractivity contribution in [1.82, 2.24) is 9.97 Å². The van der Waals surface area contributed by atoms with Crippen LogP contribution in [0, 0.1) is 11.6 Å². The monoisotopic (exact) mass is 231 g/mol. The minimum absolute atomic E-state index is 0.588. The summed E-state index contributed by atoms with van der Waals surface area (Å²) in [6, 6.07) is 10.2. The summed E-state index contributed by atoms with van der Waals surface area (Å²) in [6.45, 7) is 2.85. The minimum Gasteiger partial charge on any atom is -0.367 e. The van der Waals surface area contributed by atoms with E-state index in [0.29, 0.717) is 4.64 Å². The molecule has 82 valence electrons. The van der Waals surface area contributed by atoms with Crippen LogP contribution in [0.5, 0.6) is 0 Å². The fraction of sp³-hybridized carbons (Fsp3) is 0.167. The third kappa shape index (κ3) is 2.90. The van der Waals surface area contributed by atoms with E-state index in [9.17, 15) is 0 Å². The molecule has 0 amide bonds. The molecule has 0 atom stereocenters. The lowest BCUT2D eigenvalue weighted by molar-refractivity contribution is 1.07. The van der Waals surface area contributed by atoms with Crippen molar-refractivity contribution in [3.63, 3.8) is 0 Å². The van der Waals surface area contributed by atoms with E-state index in [-0.39, 0.29) is 0 Å². The van der Waals surface area contributed by atoms with Crippen LogP contribution >= 0.6 is 12.2 Å². The Balaban J connectivity index is 2.02. The molecular formula is C12H13N3S. The Morgan fingerprint density at radius 2 is 2.06 bits per heavy atom. The van der Waals surface area contributed by atoms with Crippen molar-refractivity contribution in [2.75, 3.05) is 5.32 Å². The van der Waals surface area contributed by atoms with Gasteiger partial charge in [0.2, 0.25) is 0 Å². The maximum Gasteiger partial charge on any atom is 0.131 e. The average Bonchev–Trinajstić information content (AvgIpc) is 2.28. The van der Waals surface area contributed by atoms with E-state index in [2.05, 4.69) is 46.5 Å². The number of hydrogen-bond acceptors (Lipinski definition) is 3. The second-order valence-electron chi connectivity index (χ2n) is 3.64. The van der Waals surface area contributed by atoms with Crippen molar-refractivity contribution < 1.29 is 0 Å². The molecule has 0 fully saturated rings. The topological polar surface area (TPSA) is 40.7 Å². The lowest BCUT2D eigenvalue weighted by Crippen LogP contribution is -2.01. The van der Waals surface area contributed by atoms with Gasteiger partial charge in [-0.2, -0.15) is 0 Å². The van der Waals surface area contributed by atoms with Crippen molar-refractivity contribution >= 4 is 18.0 Å². The van der Waals surface area contributed by atoms with Gasteiger partial charge in [0.1, 0.15) is 10.5 Å². The van der Waals surface area contributed by atoms with Crippen LogP contribution in [0.25, 0.3) is 0 Å². The maximum absolute atomic E-state index is 4.98. The van der Waals surface area contributed by atoms with Crippen LogP contribution in [0.1, 0.15) is 11.1 Å². The van der Waals surface area contributed by atoms with Crippen LogP contribution in [-0.2, 0) is 6.54 Å². The zero-order chi connectivity index (χ0) is 11.4. The summed E-state index contributed by atoms with van der Waals surface area (Å²) in [7, 11) is 0. The highest BCUT2D eigenvalue weighted by molar-refractivity contribution is 7.71. The lowest BCUT2D eigenvalue weighted by Gasteiger charge is -2.06. The standard InChI is InChI=1S/C12H13N3S/c1-9-2-4-10(5-3-9)7-13-11-6-12(16)15-8-14-11/h2-6,8H,7H2,1H3,(H2,13,14,15,16). The van der Waals surface area contributed by atoms with E-state index < -0.39 is 0 Å². The quantitative estimate of drug-likeness (QED) is 0.798. The second kappa shape index (κ2) is 4.90. The molecule has 0 aliphatic heterocycles. The Morgan fingerprint density at radius 3 is 2.75 bits per heavy atom. The summed E-state index contributed by atoms with van der Waals surface area (Å²) in [5, 5.41) is 3.26. The van der Waals surface area contributed by atoms with Gasteiger partial charge in [-0.3, -0.25) is 0 Å². The Morgan fingerprint density at radius 1 is 1.31 bits per heavy atom. The van der Waals surface area contributed by atoms with Crippen molar-refractivity contribution in [1.29, 1.82) is 0 Å². The van der Waals surface area contributed by atoms with Gasteiger partial charge >= 0.3 is 0 Å². The molecule has 1 heterocycles. The number of anilines is 1. The molecule has 16 heavy (non-hydrogen) atoms. The van der Waals surface area contributed by atoms with E-state index >= 15 is 0 Å². The molecule has 0 saturated carbocycles. The molecular weight excluding hydrogens is 218 g/mol. The minimum atomic E-state index is 0.588. The second-order valence-corrected chi connectivity index (χ2v) is 4.06. The Hall–Kier alpha value is -1.68. The van der Waals surface area contributed by atoms with Gasteiger partial charge in [0, 0.05) is 12.6 Å². The van der Waals surface area contributed by atoms with Crippen LogP contribution < -0.4 is 5.32 Å². The van der Waals surface area contributed by atoms with E-state index in [0.717, 1.165) is 12.4 Å². The van der Waals surface area contributed by atoms with Gasteiger partial charge < -0.3 is 10.3 Å². The smallest absolute Gasteiger partial charge is 0.131 e. The fourth-order valence-electron chi connectivity index (χ4n) is 1.37. The maximum atomic E-state index is 4.98. The number of H-pyrrole nitrogens is 1. The first kappa shape index (κ1) is 10.8. The molecule has 2 aromatic rings. The van der Waals surface area contributed by atoms with Gasteiger partial charge in [-0.1, -0.05) is 42.0 Å². The Bertz CT molecular complexity index is 516. The lowest BCUT2D eigenvalue weighted by atomic mass is 10.1. The molecule has 4 heteroatoms. The van der Waals surface area contributed by atoms with Crippen molar-refractivity contribution in [2.45, 2.75) is 13.5 Å². The van der Waals surface area contributed by atoms with Crippen LogP contribution in [0.2, 0.25) is 0 Å². The summed E-state index contributed by atoms with van der Waals surface area (Å²) in [6.07, 6.45) is 1.60. The number of hydrogen-bond donors (Lipinski definition) is 2. The van der Waals surface area contributed by atoms with Gasteiger partial charge in [-0.05, 0) is 12.5 Å². The summed E-state index contributed by atoms with van der Waals surface area (Å²) < 4.78 is 0.588. The van der Waals surface area contributed by atoms with E-state index in [1.807, 2.05) is 6.07 Å². The van der Waals surface area contributed by atoms with Crippen molar-refractivity contribution in [2.24, 2.45) is 0 Å². The van der Waals surface area contributed by atoms with Gasteiger partial charge in [0.15, 0.2) is 0 Å². The first-order valence-electron chi connectivity index (χ1n) is 5.08. The number of nitrogens with zero attached hydrogens (tertiary/aromatic N) is 1.